The molecule has 3 aromatic carbocycles. The zero-order chi connectivity index (χ0) is 22.9. The fraction of sp³-hybridized carbons (Fsp3) is 0.200. The average molecular weight is 452 g/mol. The quantitative estimate of drug-likeness (QED) is 0.199. The molecule has 0 aromatic heterocycles. The number of fused-ring (bicyclic) bond motifs is 1. The van der Waals surface area contributed by atoms with Gasteiger partial charge in [0.1, 0.15) is 11.9 Å². The molecule has 0 heterocycles. The van der Waals surface area contributed by atoms with Gasteiger partial charge in [-0.05, 0) is 61.2 Å². The first kappa shape index (κ1) is 23.2. The Bertz CT molecular complexity index is 1110. The van der Waals surface area contributed by atoms with Crippen LogP contribution in [0.1, 0.15) is 30.9 Å². The number of rotatable bonds is 9. The number of benzene rings is 3. The van der Waals surface area contributed by atoms with E-state index in [1.807, 2.05) is 54.8 Å². The number of aromatic hydroxyl groups is 1. The number of nitrogens with one attached hydrogen (secondary N) is 1. The van der Waals surface area contributed by atoms with Gasteiger partial charge in [0.2, 0.25) is 0 Å². The summed E-state index contributed by atoms with van der Waals surface area (Å²) in [6.45, 7) is 0. The molecule has 0 saturated heterocycles. The zero-order valence-corrected chi connectivity index (χ0v) is 18.5. The Kier molecular flexibility index (Phi) is 8.16. The van der Waals surface area contributed by atoms with E-state index in [2.05, 4.69) is 5.32 Å². The maximum atomic E-state index is 12.7. The molecule has 0 spiro atoms. The maximum Gasteiger partial charge on any atom is 0.412 e. The number of thioether (sulfide) groups is 1. The first-order valence-corrected chi connectivity index (χ1v) is 11.4. The SMILES string of the molecule is CSc1ccc(NC(=O)O[C@@H](CCC/C=C/C(=O)O)c2ccc(O)c3ccccc23)cc1. The highest BCUT2D eigenvalue weighted by Gasteiger charge is 2.20. The molecule has 3 aromatic rings. The molecule has 1 amide bonds. The number of hydrogen-bond donors (Lipinski definition) is 3. The van der Waals surface area contributed by atoms with Gasteiger partial charge in [-0.1, -0.05) is 36.4 Å². The zero-order valence-electron chi connectivity index (χ0n) is 17.7. The van der Waals surface area contributed by atoms with Gasteiger partial charge in [-0.3, -0.25) is 5.32 Å². The largest absolute Gasteiger partial charge is 0.507 e. The Morgan fingerprint density at radius 2 is 1.78 bits per heavy atom. The normalized spacial score (nSPS) is 12.0. The second-order valence-corrected chi connectivity index (χ2v) is 8.02. The standard InChI is InChI=1S/C25H25NO5S/c1-32-18-13-11-17(12-14-18)26-25(30)31-23(9-3-2-4-10-24(28)29)21-15-16-22(27)20-8-6-5-7-19(20)21/h4-8,10-16,23,27H,2-3,9H2,1H3,(H,26,30)(H,28,29)/b10-4+/t23-/m0/s1. The highest BCUT2D eigenvalue weighted by Crippen LogP contribution is 2.34. The number of carbonyl (C=O) groups is 2. The Morgan fingerprint density at radius 1 is 1.06 bits per heavy atom. The summed E-state index contributed by atoms with van der Waals surface area (Å²) in [5, 5.41) is 23.2. The van der Waals surface area contributed by atoms with E-state index in [-0.39, 0.29) is 5.75 Å². The first-order chi connectivity index (χ1) is 15.5. The number of carboxylic acid groups (broad SMARTS) is 1. The lowest BCUT2D eigenvalue weighted by Crippen LogP contribution is -2.18. The van der Waals surface area contributed by atoms with Crippen LogP contribution in [-0.4, -0.2) is 28.5 Å². The summed E-state index contributed by atoms with van der Waals surface area (Å²) in [6, 6.07) is 18.2. The smallest absolute Gasteiger partial charge is 0.412 e. The van der Waals surface area contributed by atoms with E-state index in [0.717, 1.165) is 21.9 Å². The van der Waals surface area contributed by atoms with Crippen LogP contribution in [0.4, 0.5) is 10.5 Å². The number of carboxylic acids is 1. The summed E-state index contributed by atoms with van der Waals surface area (Å²) in [5.74, 6) is -0.833. The van der Waals surface area contributed by atoms with Gasteiger partial charge in [0.15, 0.2) is 0 Å². The topological polar surface area (TPSA) is 95.9 Å². The highest BCUT2D eigenvalue weighted by molar-refractivity contribution is 7.98. The van der Waals surface area contributed by atoms with Crippen molar-refractivity contribution < 1.29 is 24.5 Å². The van der Waals surface area contributed by atoms with E-state index in [9.17, 15) is 14.7 Å². The summed E-state index contributed by atoms with van der Waals surface area (Å²) in [4.78, 5) is 24.4. The van der Waals surface area contributed by atoms with Crippen molar-refractivity contribution in [3.05, 3.63) is 78.4 Å². The molecule has 0 aliphatic heterocycles. The van der Waals surface area contributed by atoms with Crippen LogP contribution in [0.25, 0.3) is 10.8 Å². The molecule has 0 bridgehead atoms. The molecule has 3 rings (SSSR count). The molecule has 3 N–H and O–H groups in total. The number of carbonyl (C=O) groups excluding carboxylic acids is 1. The number of unbranched alkanes of at least 4 members (excludes halogenated alkanes) is 1. The van der Waals surface area contributed by atoms with Crippen molar-refractivity contribution in [1.29, 1.82) is 0 Å². The molecule has 0 fully saturated rings. The van der Waals surface area contributed by atoms with Crippen molar-refractivity contribution in [3.8, 4) is 5.75 Å². The number of allylic oxidation sites excluding steroid dienone is 1. The van der Waals surface area contributed by atoms with E-state index in [4.69, 9.17) is 9.84 Å². The van der Waals surface area contributed by atoms with Crippen molar-refractivity contribution in [1.82, 2.24) is 0 Å². The van der Waals surface area contributed by atoms with Gasteiger partial charge in [-0.2, -0.15) is 0 Å². The second kappa shape index (κ2) is 11.2. The molecule has 6 nitrogen and oxygen atoms in total. The van der Waals surface area contributed by atoms with Gasteiger partial charge < -0.3 is 14.9 Å². The summed E-state index contributed by atoms with van der Waals surface area (Å²) in [5.41, 5.74) is 1.42. The minimum absolute atomic E-state index is 0.158. The van der Waals surface area contributed by atoms with Crippen LogP contribution in [0, 0.1) is 0 Å². The molecule has 0 aliphatic rings. The lowest BCUT2D eigenvalue weighted by molar-refractivity contribution is -0.131. The predicted molar refractivity (Wildman–Crippen MR) is 127 cm³/mol. The van der Waals surface area contributed by atoms with Gasteiger partial charge in [0.25, 0.3) is 0 Å². The van der Waals surface area contributed by atoms with Gasteiger partial charge in [-0.15, -0.1) is 11.8 Å². The molecule has 0 radical (unpaired) electrons. The van der Waals surface area contributed by atoms with Crippen LogP contribution < -0.4 is 5.32 Å². The number of ether oxygens (including phenoxy) is 1. The summed E-state index contributed by atoms with van der Waals surface area (Å²) < 4.78 is 5.80. The predicted octanol–water partition coefficient (Wildman–Crippen LogP) is 6.37. The van der Waals surface area contributed by atoms with Gasteiger partial charge >= 0.3 is 12.1 Å². The van der Waals surface area contributed by atoms with E-state index in [1.165, 1.54) is 0 Å². The maximum absolute atomic E-state index is 12.7. The lowest BCUT2D eigenvalue weighted by Gasteiger charge is -2.20. The minimum atomic E-state index is -0.991. The Hall–Kier alpha value is -3.45. The molecular formula is C25H25NO5S. The lowest BCUT2D eigenvalue weighted by atomic mass is 9.96. The average Bonchev–Trinajstić information content (AvgIpc) is 2.79. The Morgan fingerprint density at radius 3 is 2.47 bits per heavy atom. The number of phenolic OH excluding ortho intramolecular Hbond substituents is 1. The minimum Gasteiger partial charge on any atom is -0.507 e. The summed E-state index contributed by atoms with van der Waals surface area (Å²) in [7, 11) is 0. The van der Waals surface area contributed by atoms with Gasteiger partial charge in [-0.25, -0.2) is 9.59 Å². The molecule has 32 heavy (non-hydrogen) atoms. The summed E-state index contributed by atoms with van der Waals surface area (Å²) in [6.07, 6.45) is 5.19. The monoisotopic (exact) mass is 451 g/mol. The van der Waals surface area contributed by atoms with Crippen LogP contribution >= 0.6 is 11.8 Å². The second-order valence-electron chi connectivity index (χ2n) is 7.14. The van der Waals surface area contributed by atoms with E-state index in [0.29, 0.717) is 30.3 Å². The third kappa shape index (κ3) is 6.28. The van der Waals surface area contributed by atoms with Crippen molar-refractivity contribution in [2.24, 2.45) is 0 Å². The van der Waals surface area contributed by atoms with Crippen LogP contribution in [0.5, 0.6) is 5.75 Å². The van der Waals surface area contributed by atoms with Crippen molar-refractivity contribution in [3.63, 3.8) is 0 Å². The van der Waals surface area contributed by atoms with Crippen LogP contribution in [0.3, 0.4) is 0 Å². The third-order valence-electron chi connectivity index (χ3n) is 4.96. The highest BCUT2D eigenvalue weighted by atomic mass is 32.2. The van der Waals surface area contributed by atoms with Crippen LogP contribution in [-0.2, 0) is 9.53 Å². The first-order valence-electron chi connectivity index (χ1n) is 10.2. The van der Waals surface area contributed by atoms with Gasteiger partial charge in [0, 0.05) is 27.6 Å². The van der Waals surface area contributed by atoms with Gasteiger partial charge in [0.05, 0.1) is 0 Å². The van der Waals surface area contributed by atoms with Crippen molar-refractivity contribution >= 4 is 40.3 Å². The number of hydrogen-bond acceptors (Lipinski definition) is 5. The summed E-state index contributed by atoms with van der Waals surface area (Å²) >= 11 is 1.61. The molecule has 166 valence electrons. The number of phenols is 1. The molecular weight excluding hydrogens is 426 g/mol. The molecule has 1 atom stereocenters. The van der Waals surface area contributed by atoms with E-state index in [1.54, 1.807) is 30.0 Å². The molecule has 0 saturated carbocycles. The fourth-order valence-electron chi connectivity index (χ4n) is 3.42. The Balaban J connectivity index is 1.79. The van der Waals surface area contributed by atoms with E-state index < -0.39 is 18.2 Å². The third-order valence-corrected chi connectivity index (χ3v) is 5.71. The molecule has 0 unspecified atom stereocenters. The van der Waals surface area contributed by atoms with Crippen LogP contribution in [0.15, 0.2) is 77.7 Å². The molecule has 0 aliphatic carbocycles. The number of amides is 1. The number of anilines is 1. The molecule has 7 heteroatoms. The van der Waals surface area contributed by atoms with Crippen LogP contribution in [0.2, 0.25) is 0 Å². The van der Waals surface area contributed by atoms with Crippen molar-refractivity contribution in [2.45, 2.75) is 30.3 Å². The van der Waals surface area contributed by atoms with E-state index >= 15 is 0 Å². The fourth-order valence-corrected chi connectivity index (χ4v) is 3.83. The number of aliphatic carboxylic acids is 1. The van der Waals surface area contributed by atoms with Crippen molar-refractivity contribution in [2.75, 3.05) is 11.6 Å². The Labute approximate surface area is 190 Å².